The van der Waals surface area contributed by atoms with Gasteiger partial charge in [0.25, 0.3) is 0 Å². The largest absolute Gasteiger partial charge is 0.459 e. The van der Waals surface area contributed by atoms with Crippen LogP contribution in [0.15, 0.2) is 0 Å². The smallest absolute Gasteiger partial charge is 0.323 e. The van der Waals surface area contributed by atoms with Crippen LogP contribution in [-0.2, 0) is 9.53 Å². The molecule has 0 aliphatic heterocycles. The third kappa shape index (κ3) is 6.22. The average Bonchev–Trinajstić information content (AvgIpc) is 1.79. The van der Waals surface area contributed by atoms with Gasteiger partial charge in [0.2, 0.25) is 0 Å². The second-order valence-electron chi connectivity index (χ2n) is 5.38. The number of hydrogen-bond acceptors (Lipinski definition) is 3. The first-order valence-corrected chi connectivity index (χ1v) is 4.52. The van der Waals surface area contributed by atoms with Gasteiger partial charge in [0.1, 0.15) is 11.6 Å². The Bertz CT molecular complexity index is 191. The highest BCUT2D eigenvalue weighted by Gasteiger charge is 2.31. The maximum absolute atomic E-state index is 11.5. The Balaban J connectivity index is 0. The van der Waals surface area contributed by atoms with Crippen LogP contribution in [0.1, 0.15) is 41.5 Å². The maximum atomic E-state index is 11.5. The highest BCUT2D eigenvalue weighted by atomic mass is 35.5. The van der Waals surface area contributed by atoms with Crippen LogP contribution in [0.5, 0.6) is 0 Å². The lowest BCUT2D eigenvalue weighted by atomic mass is 9.87. The van der Waals surface area contributed by atoms with Gasteiger partial charge in [-0.05, 0) is 26.2 Å². The Morgan fingerprint density at radius 1 is 1.14 bits per heavy atom. The van der Waals surface area contributed by atoms with E-state index in [1.54, 1.807) is 0 Å². The van der Waals surface area contributed by atoms with Crippen LogP contribution < -0.4 is 5.73 Å². The third-order valence-electron chi connectivity index (χ3n) is 1.59. The first-order chi connectivity index (χ1) is 5.54. The molecule has 3 nitrogen and oxygen atoms in total. The molecular weight excluding hydrogens is 202 g/mol. The van der Waals surface area contributed by atoms with Crippen molar-refractivity contribution in [2.24, 2.45) is 11.1 Å². The van der Waals surface area contributed by atoms with Gasteiger partial charge in [0, 0.05) is 0 Å². The highest BCUT2D eigenvalue weighted by molar-refractivity contribution is 5.85. The molecule has 0 amide bonds. The summed E-state index contributed by atoms with van der Waals surface area (Å²) in [6, 6.07) is -0.563. The van der Waals surface area contributed by atoms with E-state index in [1.165, 1.54) is 0 Å². The fourth-order valence-corrected chi connectivity index (χ4v) is 0.719. The van der Waals surface area contributed by atoms with E-state index in [2.05, 4.69) is 0 Å². The quantitative estimate of drug-likeness (QED) is 0.693. The topological polar surface area (TPSA) is 52.3 Å². The normalized spacial score (nSPS) is 14.2. The summed E-state index contributed by atoms with van der Waals surface area (Å²) >= 11 is 0. The SMILES string of the molecule is CC(C)(C)OC(=O)[C@@H](N)C(C)(C)C.Cl. The van der Waals surface area contributed by atoms with E-state index in [1.807, 2.05) is 41.5 Å². The summed E-state index contributed by atoms with van der Waals surface area (Å²) in [5, 5.41) is 0. The second-order valence-corrected chi connectivity index (χ2v) is 5.38. The van der Waals surface area contributed by atoms with Crippen LogP contribution in [0.4, 0.5) is 0 Å². The van der Waals surface area contributed by atoms with Crippen molar-refractivity contribution in [2.45, 2.75) is 53.2 Å². The molecule has 0 heterocycles. The number of ether oxygens (including phenoxy) is 1. The number of rotatable bonds is 1. The molecule has 0 radical (unpaired) electrons. The van der Waals surface area contributed by atoms with Crippen LogP contribution in [0.3, 0.4) is 0 Å². The Morgan fingerprint density at radius 3 is 1.71 bits per heavy atom. The molecule has 0 aliphatic rings. The molecule has 0 spiro atoms. The lowest BCUT2D eigenvalue weighted by molar-refractivity contribution is -0.159. The Hall–Kier alpha value is -0.280. The summed E-state index contributed by atoms with van der Waals surface area (Å²) in [4.78, 5) is 11.5. The van der Waals surface area contributed by atoms with Crippen molar-refractivity contribution in [3.8, 4) is 0 Å². The van der Waals surface area contributed by atoms with Crippen LogP contribution in [0.2, 0.25) is 0 Å². The number of carbonyl (C=O) groups is 1. The van der Waals surface area contributed by atoms with Crippen molar-refractivity contribution in [3.63, 3.8) is 0 Å². The molecule has 86 valence electrons. The fourth-order valence-electron chi connectivity index (χ4n) is 0.719. The molecule has 0 unspecified atom stereocenters. The minimum Gasteiger partial charge on any atom is -0.459 e. The molecule has 1 atom stereocenters. The number of hydrogen-bond donors (Lipinski definition) is 1. The van der Waals surface area contributed by atoms with Crippen LogP contribution in [0, 0.1) is 5.41 Å². The highest BCUT2D eigenvalue weighted by Crippen LogP contribution is 2.20. The minimum atomic E-state index is -0.563. The zero-order chi connectivity index (χ0) is 10.9. The summed E-state index contributed by atoms with van der Waals surface area (Å²) < 4.78 is 5.16. The Morgan fingerprint density at radius 2 is 1.50 bits per heavy atom. The standard InChI is InChI=1S/C10H21NO2.ClH/c1-9(2,3)7(11)8(12)13-10(4,5)6;/h7H,11H2,1-6H3;1H/t7-;/m1./s1. The van der Waals surface area contributed by atoms with Gasteiger partial charge in [-0.3, -0.25) is 4.79 Å². The van der Waals surface area contributed by atoms with E-state index in [-0.39, 0.29) is 23.8 Å². The minimum absolute atomic E-state index is 0. The predicted octanol–water partition coefficient (Wildman–Crippen LogP) is 2.12. The first-order valence-electron chi connectivity index (χ1n) is 4.52. The van der Waals surface area contributed by atoms with E-state index < -0.39 is 11.6 Å². The molecule has 0 saturated carbocycles. The molecule has 0 aliphatic carbocycles. The zero-order valence-corrected chi connectivity index (χ0v) is 10.7. The van der Waals surface area contributed by atoms with Crippen molar-refractivity contribution in [1.82, 2.24) is 0 Å². The fraction of sp³-hybridized carbons (Fsp3) is 0.900. The lowest BCUT2D eigenvalue weighted by Crippen LogP contribution is -2.45. The number of carbonyl (C=O) groups excluding carboxylic acids is 1. The molecule has 0 fully saturated rings. The van der Waals surface area contributed by atoms with Crippen molar-refractivity contribution in [3.05, 3.63) is 0 Å². The molecular formula is C10H22ClNO2. The summed E-state index contributed by atoms with van der Waals surface area (Å²) in [5.74, 6) is -0.333. The van der Waals surface area contributed by atoms with Gasteiger partial charge >= 0.3 is 5.97 Å². The number of nitrogens with two attached hydrogens (primary N) is 1. The zero-order valence-electron chi connectivity index (χ0n) is 9.88. The van der Waals surface area contributed by atoms with Gasteiger partial charge in [0.15, 0.2) is 0 Å². The van der Waals surface area contributed by atoms with Crippen molar-refractivity contribution >= 4 is 18.4 Å². The predicted molar refractivity (Wildman–Crippen MR) is 60.5 cm³/mol. The number of halogens is 1. The summed E-state index contributed by atoms with van der Waals surface area (Å²) in [6.07, 6.45) is 0. The van der Waals surface area contributed by atoms with Gasteiger partial charge in [-0.25, -0.2) is 0 Å². The Kier molecular flexibility index (Phi) is 5.76. The molecule has 0 bridgehead atoms. The molecule has 0 saturated heterocycles. The van der Waals surface area contributed by atoms with E-state index in [0.717, 1.165) is 0 Å². The monoisotopic (exact) mass is 223 g/mol. The maximum Gasteiger partial charge on any atom is 0.323 e. The lowest BCUT2D eigenvalue weighted by Gasteiger charge is -2.28. The van der Waals surface area contributed by atoms with Gasteiger partial charge in [-0.1, -0.05) is 20.8 Å². The molecule has 0 aromatic rings. The van der Waals surface area contributed by atoms with Crippen LogP contribution >= 0.6 is 12.4 Å². The molecule has 2 N–H and O–H groups in total. The molecule has 4 heteroatoms. The molecule has 0 rings (SSSR count). The molecule has 0 aromatic heterocycles. The van der Waals surface area contributed by atoms with Crippen molar-refractivity contribution in [1.29, 1.82) is 0 Å². The van der Waals surface area contributed by atoms with Crippen molar-refractivity contribution in [2.75, 3.05) is 0 Å². The summed E-state index contributed by atoms with van der Waals surface area (Å²) in [5.41, 5.74) is 5.02. The number of esters is 1. The first kappa shape index (κ1) is 16.2. The van der Waals surface area contributed by atoms with E-state index in [9.17, 15) is 4.79 Å². The van der Waals surface area contributed by atoms with Gasteiger partial charge < -0.3 is 10.5 Å². The molecule has 14 heavy (non-hydrogen) atoms. The molecule has 0 aromatic carbocycles. The van der Waals surface area contributed by atoms with Crippen LogP contribution in [-0.4, -0.2) is 17.6 Å². The van der Waals surface area contributed by atoms with E-state index in [0.29, 0.717) is 0 Å². The summed E-state index contributed by atoms with van der Waals surface area (Å²) in [6.45, 7) is 11.3. The summed E-state index contributed by atoms with van der Waals surface area (Å²) in [7, 11) is 0. The third-order valence-corrected chi connectivity index (χ3v) is 1.59. The van der Waals surface area contributed by atoms with E-state index >= 15 is 0 Å². The van der Waals surface area contributed by atoms with Gasteiger partial charge in [-0.2, -0.15) is 0 Å². The Labute approximate surface area is 92.8 Å². The van der Waals surface area contributed by atoms with E-state index in [4.69, 9.17) is 10.5 Å². The second kappa shape index (κ2) is 4.99. The van der Waals surface area contributed by atoms with Crippen LogP contribution in [0.25, 0.3) is 0 Å². The average molecular weight is 224 g/mol. The van der Waals surface area contributed by atoms with Crippen molar-refractivity contribution < 1.29 is 9.53 Å². The van der Waals surface area contributed by atoms with Gasteiger partial charge in [-0.15, -0.1) is 12.4 Å². The van der Waals surface area contributed by atoms with Gasteiger partial charge in [0.05, 0.1) is 0 Å².